The fourth-order valence-corrected chi connectivity index (χ4v) is 2.90. The van der Waals surface area contributed by atoms with Crippen LogP contribution >= 0.6 is 0 Å². The standard InChI is InChI=1S/C17H21NO/c1-2-10-18-17(16-9-6-11-19-16)15-12-14(15)13-7-4-3-5-8-13/h3-9,11,14-15,17-18H,2,10,12H2,1H3. The second-order valence-corrected chi connectivity index (χ2v) is 5.36. The maximum Gasteiger partial charge on any atom is 0.120 e. The highest BCUT2D eigenvalue weighted by atomic mass is 16.3. The summed E-state index contributed by atoms with van der Waals surface area (Å²) < 4.78 is 5.62. The minimum Gasteiger partial charge on any atom is -0.468 e. The molecule has 0 spiro atoms. The maximum atomic E-state index is 5.62. The van der Waals surface area contributed by atoms with E-state index < -0.39 is 0 Å². The van der Waals surface area contributed by atoms with Crippen molar-refractivity contribution in [1.29, 1.82) is 0 Å². The van der Waals surface area contributed by atoms with Gasteiger partial charge in [-0.2, -0.15) is 0 Å². The topological polar surface area (TPSA) is 25.2 Å². The molecule has 1 N–H and O–H groups in total. The Hall–Kier alpha value is -1.54. The molecule has 1 fully saturated rings. The molecule has 1 aromatic carbocycles. The molecule has 1 heterocycles. The van der Waals surface area contributed by atoms with Gasteiger partial charge in [-0.05, 0) is 48.9 Å². The summed E-state index contributed by atoms with van der Waals surface area (Å²) in [6.07, 6.45) is 4.18. The van der Waals surface area contributed by atoms with E-state index in [0.717, 1.165) is 18.7 Å². The van der Waals surface area contributed by atoms with Crippen LogP contribution in [0.15, 0.2) is 53.1 Å². The van der Waals surface area contributed by atoms with E-state index in [4.69, 9.17) is 4.42 Å². The predicted octanol–water partition coefficient (Wildman–Crippen LogP) is 4.12. The summed E-state index contributed by atoms with van der Waals surface area (Å²) in [6, 6.07) is 15.3. The average molecular weight is 255 g/mol. The lowest BCUT2D eigenvalue weighted by molar-refractivity contribution is 0.379. The zero-order chi connectivity index (χ0) is 13.1. The van der Waals surface area contributed by atoms with Crippen LogP contribution < -0.4 is 5.32 Å². The normalized spacial score (nSPS) is 23.2. The predicted molar refractivity (Wildman–Crippen MR) is 77.0 cm³/mol. The summed E-state index contributed by atoms with van der Waals surface area (Å²) in [5.74, 6) is 2.43. The number of hydrogen-bond acceptors (Lipinski definition) is 2. The highest BCUT2D eigenvalue weighted by Gasteiger charge is 2.45. The smallest absolute Gasteiger partial charge is 0.120 e. The number of nitrogens with one attached hydrogen (secondary N) is 1. The van der Waals surface area contributed by atoms with Crippen LogP contribution in [0.2, 0.25) is 0 Å². The third kappa shape index (κ3) is 2.74. The minimum absolute atomic E-state index is 0.361. The Labute approximate surface area is 114 Å². The molecule has 0 radical (unpaired) electrons. The molecule has 3 rings (SSSR count). The van der Waals surface area contributed by atoms with E-state index in [9.17, 15) is 0 Å². The van der Waals surface area contributed by atoms with Gasteiger partial charge in [-0.1, -0.05) is 37.3 Å². The summed E-state index contributed by atoms with van der Waals surface area (Å²) >= 11 is 0. The number of furan rings is 1. The Morgan fingerprint density at radius 3 is 2.74 bits per heavy atom. The van der Waals surface area contributed by atoms with E-state index in [0.29, 0.717) is 17.9 Å². The zero-order valence-corrected chi connectivity index (χ0v) is 11.4. The number of benzene rings is 1. The van der Waals surface area contributed by atoms with Gasteiger partial charge in [-0.25, -0.2) is 0 Å². The third-order valence-electron chi connectivity index (χ3n) is 3.96. The molecule has 1 aliphatic rings. The first kappa shape index (κ1) is 12.5. The van der Waals surface area contributed by atoms with Gasteiger partial charge in [0, 0.05) is 0 Å². The summed E-state index contributed by atoms with van der Waals surface area (Å²) in [5, 5.41) is 3.64. The third-order valence-corrected chi connectivity index (χ3v) is 3.96. The fraction of sp³-hybridized carbons (Fsp3) is 0.412. The average Bonchev–Trinajstić information content (AvgIpc) is 3.05. The molecule has 0 bridgehead atoms. The molecule has 2 nitrogen and oxygen atoms in total. The fourth-order valence-electron chi connectivity index (χ4n) is 2.90. The summed E-state index contributed by atoms with van der Waals surface area (Å²) in [6.45, 7) is 3.25. The van der Waals surface area contributed by atoms with Crippen LogP contribution in [0.4, 0.5) is 0 Å². The number of hydrogen-bond donors (Lipinski definition) is 1. The van der Waals surface area contributed by atoms with Crippen LogP contribution in [0.25, 0.3) is 0 Å². The molecule has 0 saturated heterocycles. The Morgan fingerprint density at radius 1 is 1.21 bits per heavy atom. The quantitative estimate of drug-likeness (QED) is 0.839. The maximum absolute atomic E-state index is 5.62. The van der Waals surface area contributed by atoms with Gasteiger partial charge in [-0.3, -0.25) is 0 Å². The first-order valence-electron chi connectivity index (χ1n) is 7.22. The molecule has 0 amide bonds. The Bertz CT molecular complexity index is 491. The van der Waals surface area contributed by atoms with Crippen molar-refractivity contribution in [3.8, 4) is 0 Å². The Kier molecular flexibility index (Phi) is 3.69. The lowest BCUT2D eigenvalue weighted by atomic mass is 10.0. The van der Waals surface area contributed by atoms with E-state index in [1.807, 2.05) is 6.07 Å². The summed E-state index contributed by atoms with van der Waals surface area (Å²) in [5.41, 5.74) is 1.46. The van der Waals surface area contributed by atoms with Crippen LogP contribution in [0.1, 0.15) is 43.0 Å². The van der Waals surface area contributed by atoms with Crippen molar-refractivity contribution in [2.45, 2.75) is 31.7 Å². The molecular formula is C17H21NO. The Morgan fingerprint density at radius 2 is 2.05 bits per heavy atom. The molecule has 1 aliphatic carbocycles. The largest absolute Gasteiger partial charge is 0.468 e. The van der Waals surface area contributed by atoms with Crippen LogP contribution in [0.5, 0.6) is 0 Å². The molecule has 1 aromatic heterocycles. The van der Waals surface area contributed by atoms with Gasteiger partial charge in [0.2, 0.25) is 0 Å². The summed E-state index contributed by atoms with van der Waals surface area (Å²) in [7, 11) is 0. The molecule has 2 aromatic rings. The first-order chi connectivity index (χ1) is 9.40. The van der Waals surface area contributed by atoms with Gasteiger partial charge in [-0.15, -0.1) is 0 Å². The van der Waals surface area contributed by atoms with Gasteiger partial charge >= 0.3 is 0 Å². The van der Waals surface area contributed by atoms with Gasteiger partial charge < -0.3 is 9.73 Å². The minimum atomic E-state index is 0.361. The van der Waals surface area contributed by atoms with Gasteiger partial charge in [0.1, 0.15) is 5.76 Å². The monoisotopic (exact) mass is 255 g/mol. The number of rotatable bonds is 6. The van der Waals surface area contributed by atoms with Crippen LogP contribution in [0, 0.1) is 5.92 Å². The van der Waals surface area contributed by atoms with Crippen LogP contribution in [-0.4, -0.2) is 6.54 Å². The highest BCUT2D eigenvalue weighted by Crippen LogP contribution is 2.54. The van der Waals surface area contributed by atoms with Crippen LogP contribution in [0.3, 0.4) is 0 Å². The van der Waals surface area contributed by atoms with Gasteiger partial charge in [0.25, 0.3) is 0 Å². The van der Waals surface area contributed by atoms with Crippen molar-refractivity contribution in [1.82, 2.24) is 5.32 Å². The molecule has 3 atom stereocenters. The van der Waals surface area contributed by atoms with Gasteiger partial charge in [0.15, 0.2) is 0 Å². The van der Waals surface area contributed by atoms with Crippen LogP contribution in [-0.2, 0) is 0 Å². The first-order valence-corrected chi connectivity index (χ1v) is 7.22. The van der Waals surface area contributed by atoms with Gasteiger partial charge in [0.05, 0.1) is 12.3 Å². The second kappa shape index (κ2) is 5.62. The van der Waals surface area contributed by atoms with Crippen molar-refractivity contribution in [3.05, 3.63) is 60.1 Å². The van der Waals surface area contributed by atoms with E-state index in [1.165, 1.54) is 12.0 Å². The van der Waals surface area contributed by atoms with Crippen molar-refractivity contribution in [2.24, 2.45) is 5.92 Å². The molecule has 1 saturated carbocycles. The SMILES string of the molecule is CCCNC(c1ccco1)C1CC1c1ccccc1. The van der Waals surface area contributed by atoms with Crippen molar-refractivity contribution >= 4 is 0 Å². The summed E-state index contributed by atoms with van der Waals surface area (Å²) in [4.78, 5) is 0. The van der Waals surface area contributed by atoms with E-state index in [2.05, 4.69) is 48.6 Å². The van der Waals surface area contributed by atoms with Crippen molar-refractivity contribution in [3.63, 3.8) is 0 Å². The van der Waals surface area contributed by atoms with E-state index in [-0.39, 0.29) is 0 Å². The second-order valence-electron chi connectivity index (χ2n) is 5.36. The van der Waals surface area contributed by atoms with E-state index in [1.54, 1.807) is 6.26 Å². The molecule has 3 unspecified atom stereocenters. The molecule has 0 aliphatic heterocycles. The highest BCUT2D eigenvalue weighted by molar-refractivity contribution is 5.28. The lowest BCUT2D eigenvalue weighted by Crippen LogP contribution is -2.24. The molecule has 100 valence electrons. The van der Waals surface area contributed by atoms with Crippen molar-refractivity contribution in [2.75, 3.05) is 6.54 Å². The molecule has 2 heteroatoms. The molecular weight excluding hydrogens is 234 g/mol. The van der Waals surface area contributed by atoms with E-state index >= 15 is 0 Å². The lowest BCUT2D eigenvalue weighted by Gasteiger charge is -2.16. The van der Waals surface area contributed by atoms with Crippen molar-refractivity contribution < 1.29 is 4.42 Å². The molecule has 19 heavy (non-hydrogen) atoms. The zero-order valence-electron chi connectivity index (χ0n) is 11.4. The Balaban J connectivity index is 1.72.